The lowest BCUT2D eigenvalue weighted by Crippen LogP contribution is -2.52. The maximum atomic E-state index is 14.8. The summed E-state index contributed by atoms with van der Waals surface area (Å²) in [7, 11) is 0. The number of aliphatic hydroxyl groups is 1. The number of nitrogens with one attached hydrogen (secondary N) is 1. The van der Waals surface area contributed by atoms with Gasteiger partial charge in [-0.2, -0.15) is 18.3 Å². The van der Waals surface area contributed by atoms with Gasteiger partial charge < -0.3 is 15.3 Å². The van der Waals surface area contributed by atoms with Crippen LogP contribution in [0, 0.1) is 21.7 Å². The number of piperazine rings is 1. The normalized spacial score (nSPS) is 15.5. The molecule has 1 fully saturated rings. The number of rotatable bonds is 10. The Kier molecular flexibility index (Phi) is 9.62. The highest BCUT2D eigenvalue weighted by atomic mass is 19.4. The van der Waals surface area contributed by atoms with E-state index in [1.165, 1.54) is 58.6 Å². The zero-order valence-corrected chi connectivity index (χ0v) is 24.6. The number of benzene rings is 3. The maximum Gasteiger partial charge on any atom is 0.418 e. The van der Waals surface area contributed by atoms with Gasteiger partial charge in [-0.15, -0.1) is 0 Å². The number of hydrogen-bond donors (Lipinski definition) is 2. The standard InChI is InChI=1S/C31H28F5N7O4/c32-22-6-8-24(26(33)15-22)30(45,18-42-20-37-19-38-42)17-40-11-13-41(14-12-40)28-9-7-23(16-25(28)31(34,35)36)39-29(44)10-5-21-3-1-2-4-27(21)43(46)47/h1-10,15-16,19-20,45H,11-14,17-18H2,(H,39,44)/b10-5+. The van der Waals surface area contributed by atoms with Gasteiger partial charge in [0.1, 0.15) is 29.9 Å². The molecule has 1 unspecified atom stereocenters. The molecule has 1 amide bonds. The number of aromatic nitrogens is 3. The number of nitrogens with zero attached hydrogens (tertiary/aromatic N) is 6. The third kappa shape index (κ3) is 7.96. The molecule has 4 aromatic rings. The molecule has 2 heterocycles. The number of nitro benzene ring substituents is 1. The molecule has 11 nitrogen and oxygen atoms in total. The van der Waals surface area contributed by atoms with Crippen molar-refractivity contribution < 1.29 is 36.8 Å². The molecule has 16 heteroatoms. The van der Waals surface area contributed by atoms with E-state index in [0.717, 1.165) is 24.3 Å². The summed E-state index contributed by atoms with van der Waals surface area (Å²) in [6, 6.07) is 11.9. The van der Waals surface area contributed by atoms with Gasteiger partial charge in [0.25, 0.3) is 5.69 Å². The van der Waals surface area contributed by atoms with Crippen molar-refractivity contribution in [2.45, 2.75) is 18.3 Å². The molecule has 1 saturated heterocycles. The number of hydrogen-bond acceptors (Lipinski definition) is 8. The van der Waals surface area contributed by atoms with Crippen LogP contribution in [0.15, 0.2) is 79.4 Å². The quantitative estimate of drug-likeness (QED) is 0.107. The summed E-state index contributed by atoms with van der Waals surface area (Å²) in [4.78, 5) is 30.2. The van der Waals surface area contributed by atoms with Gasteiger partial charge in [0.05, 0.1) is 22.6 Å². The summed E-state index contributed by atoms with van der Waals surface area (Å²) in [5, 5.41) is 29.2. The zero-order chi connectivity index (χ0) is 33.8. The van der Waals surface area contributed by atoms with Gasteiger partial charge in [0.2, 0.25) is 5.91 Å². The van der Waals surface area contributed by atoms with Crippen molar-refractivity contribution in [3.63, 3.8) is 0 Å². The first-order valence-corrected chi connectivity index (χ1v) is 14.2. The Morgan fingerprint density at radius 2 is 1.74 bits per heavy atom. The van der Waals surface area contributed by atoms with E-state index in [1.807, 2.05) is 0 Å². The lowest BCUT2D eigenvalue weighted by Gasteiger charge is -2.41. The molecule has 0 saturated carbocycles. The molecular weight excluding hydrogens is 629 g/mol. The first-order chi connectivity index (χ1) is 22.3. The van der Waals surface area contributed by atoms with Gasteiger partial charge in [0, 0.05) is 67.9 Å². The number of carbonyl (C=O) groups is 1. The number of carbonyl (C=O) groups excluding carboxylic acids is 1. The number of halogens is 5. The minimum Gasteiger partial charge on any atom is -0.382 e. The van der Waals surface area contributed by atoms with Crippen LogP contribution in [0.5, 0.6) is 0 Å². The molecule has 0 bridgehead atoms. The van der Waals surface area contributed by atoms with Crippen LogP contribution in [0.4, 0.5) is 39.0 Å². The van der Waals surface area contributed by atoms with Crippen molar-refractivity contribution in [3.8, 4) is 0 Å². The lowest BCUT2D eigenvalue weighted by atomic mass is 9.92. The van der Waals surface area contributed by atoms with Crippen LogP contribution in [-0.2, 0) is 23.1 Å². The molecule has 1 atom stereocenters. The van der Waals surface area contributed by atoms with Crippen molar-refractivity contribution in [1.82, 2.24) is 19.7 Å². The molecule has 5 rings (SSSR count). The molecule has 1 aromatic heterocycles. The number of β-amino-alcohol motifs (C(OH)–C–C–N with tert-alkyl or cyclic N) is 1. The average molecular weight is 658 g/mol. The van der Waals surface area contributed by atoms with Gasteiger partial charge in [-0.05, 0) is 36.4 Å². The van der Waals surface area contributed by atoms with Crippen LogP contribution >= 0.6 is 0 Å². The fourth-order valence-electron chi connectivity index (χ4n) is 5.45. The summed E-state index contributed by atoms with van der Waals surface area (Å²) in [6.45, 7) is 0.319. The molecule has 47 heavy (non-hydrogen) atoms. The largest absolute Gasteiger partial charge is 0.418 e. The van der Waals surface area contributed by atoms with Crippen LogP contribution in [0.2, 0.25) is 0 Å². The first-order valence-electron chi connectivity index (χ1n) is 14.2. The highest BCUT2D eigenvalue weighted by molar-refractivity contribution is 6.02. The predicted octanol–water partition coefficient (Wildman–Crippen LogP) is 4.85. The molecule has 0 aliphatic carbocycles. The summed E-state index contributed by atoms with van der Waals surface area (Å²) in [5.41, 5.74) is -3.34. The van der Waals surface area contributed by atoms with Crippen LogP contribution in [0.1, 0.15) is 16.7 Å². The molecule has 2 N–H and O–H groups in total. The zero-order valence-electron chi connectivity index (χ0n) is 24.6. The van der Waals surface area contributed by atoms with E-state index in [2.05, 4.69) is 15.4 Å². The molecule has 3 aromatic carbocycles. The van der Waals surface area contributed by atoms with Gasteiger partial charge in [-0.1, -0.05) is 18.2 Å². The highest BCUT2D eigenvalue weighted by Gasteiger charge is 2.38. The highest BCUT2D eigenvalue weighted by Crippen LogP contribution is 2.39. The Morgan fingerprint density at radius 1 is 1.00 bits per heavy atom. The van der Waals surface area contributed by atoms with Crippen LogP contribution < -0.4 is 10.2 Å². The number of alkyl halides is 3. The minimum absolute atomic E-state index is 0.118. The Labute approximate surface area is 264 Å². The smallest absolute Gasteiger partial charge is 0.382 e. The van der Waals surface area contributed by atoms with E-state index >= 15 is 0 Å². The molecule has 0 spiro atoms. The fraction of sp³-hybridized carbons (Fsp3) is 0.258. The number of para-hydroxylation sites is 1. The summed E-state index contributed by atoms with van der Waals surface area (Å²) in [6.07, 6.45) is -0.00868. The van der Waals surface area contributed by atoms with E-state index in [0.29, 0.717) is 6.07 Å². The van der Waals surface area contributed by atoms with Gasteiger partial charge >= 0.3 is 6.18 Å². The summed E-state index contributed by atoms with van der Waals surface area (Å²) < 4.78 is 72.4. The molecule has 246 valence electrons. The summed E-state index contributed by atoms with van der Waals surface area (Å²) >= 11 is 0. The number of amides is 1. The van der Waals surface area contributed by atoms with Crippen molar-refractivity contribution in [2.24, 2.45) is 0 Å². The molecule has 0 radical (unpaired) electrons. The third-order valence-electron chi connectivity index (χ3n) is 7.64. The second-order valence-corrected chi connectivity index (χ2v) is 10.9. The fourth-order valence-corrected chi connectivity index (χ4v) is 5.45. The Balaban J connectivity index is 1.29. The number of anilines is 2. The Morgan fingerprint density at radius 3 is 2.40 bits per heavy atom. The lowest BCUT2D eigenvalue weighted by molar-refractivity contribution is -0.385. The van der Waals surface area contributed by atoms with Crippen LogP contribution in [0.25, 0.3) is 6.08 Å². The van der Waals surface area contributed by atoms with Gasteiger partial charge in [-0.25, -0.2) is 18.4 Å². The van der Waals surface area contributed by atoms with Crippen molar-refractivity contribution >= 4 is 29.0 Å². The summed E-state index contributed by atoms with van der Waals surface area (Å²) in [5.74, 6) is -2.55. The van der Waals surface area contributed by atoms with Crippen LogP contribution in [0.3, 0.4) is 0 Å². The Bertz CT molecular complexity index is 1780. The second-order valence-electron chi connectivity index (χ2n) is 10.9. The topological polar surface area (TPSA) is 130 Å². The molecular formula is C31H28F5N7O4. The minimum atomic E-state index is -4.77. The van der Waals surface area contributed by atoms with E-state index < -0.39 is 39.8 Å². The average Bonchev–Trinajstić information content (AvgIpc) is 3.52. The van der Waals surface area contributed by atoms with Crippen LogP contribution in [-0.4, -0.2) is 68.3 Å². The first kappa shape index (κ1) is 33.2. The number of nitro groups is 1. The van der Waals surface area contributed by atoms with Gasteiger partial charge in [0.15, 0.2) is 0 Å². The predicted molar refractivity (Wildman–Crippen MR) is 161 cm³/mol. The maximum absolute atomic E-state index is 14.8. The van der Waals surface area contributed by atoms with E-state index in [4.69, 9.17) is 0 Å². The van der Waals surface area contributed by atoms with Gasteiger partial charge in [-0.3, -0.25) is 19.8 Å². The van der Waals surface area contributed by atoms with Crippen molar-refractivity contribution in [1.29, 1.82) is 0 Å². The van der Waals surface area contributed by atoms with E-state index in [-0.39, 0.29) is 67.5 Å². The van der Waals surface area contributed by atoms with Crippen molar-refractivity contribution in [2.75, 3.05) is 42.9 Å². The Hall–Kier alpha value is -5.22. The van der Waals surface area contributed by atoms with E-state index in [1.54, 1.807) is 11.0 Å². The third-order valence-corrected chi connectivity index (χ3v) is 7.64. The van der Waals surface area contributed by atoms with E-state index in [9.17, 15) is 42.0 Å². The SMILES string of the molecule is O=C(/C=C/c1ccccc1[N+](=O)[O-])Nc1ccc(N2CCN(CC(O)(Cn3cncn3)c3ccc(F)cc3F)CC2)c(C(F)(F)F)c1. The van der Waals surface area contributed by atoms with Crippen molar-refractivity contribution in [3.05, 3.63) is 118 Å². The molecule has 1 aliphatic rings. The monoisotopic (exact) mass is 657 g/mol. The second kappa shape index (κ2) is 13.6. The molecule has 1 aliphatic heterocycles.